The second kappa shape index (κ2) is 4.33. The number of carboxylic acids is 1. The standard InChI is InChI=1S/C6H10BrNO3/c1-4(6(10)11)8(2)5(9)3-7/h4H,3H2,1-2H3,(H,10,11)/t4-/m0/s1. The van der Waals surface area contributed by atoms with E-state index in [0.717, 1.165) is 0 Å². The number of carbonyl (C=O) groups excluding carboxylic acids is 1. The maximum atomic E-state index is 10.9. The fourth-order valence-electron chi connectivity index (χ4n) is 0.476. The SMILES string of the molecule is C[C@@H](C(=O)O)N(C)C(=O)CBr. The lowest BCUT2D eigenvalue weighted by molar-refractivity contribution is -0.147. The van der Waals surface area contributed by atoms with Crippen LogP contribution in [0.15, 0.2) is 0 Å². The maximum absolute atomic E-state index is 10.9. The van der Waals surface area contributed by atoms with E-state index in [-0.39, 0.29) is 11.2 Å². The molecule has 0 spiro atoms. The Labute approximate surface area is 73.3 Å². The molecular weight excluding hydrogens is 214 g/mol. The molecule has 0 rings (SSSR count). The van der Waals surface area contributed by atoms with E-state index < -0.39 is 12.0 Å². The third-order valence-corrected chi connectivity index (χ3v) is 1.93. The molecule has 0 aromatic rings. The molecule has 0 aromatic heterocycles. The lowest BCUT2D eigenvalue weighted by atomic mass is 10.3. The number of likely N-dealkylation sites (N-methyl/N-ethyl adjacent to an activating group) is 1. The van der Waals surface area contributed by atoms with Crippen molar-refractivity contribution in [3.63, 3.8) is 0 Å². The first kappa shape index (κ1) is 10.4. The Morgan fingerprint density at radius 2 is 2.09 bits per heavy atom. The van der Waals surface area contributed by atoms with Crippen molar-refractivity contribution in [1.82, 2.24) is 4.90 Å². The molecule has 0 bridgehead atoms. The van der Waals surface area contributed by atoms with Crippen LogP contribution in [0.5, 0.6) is 0 Å². The Morgan fingerprint density at radius 1 is 1.64 bits per heavy atom. The summed E-state index contributed by atoms with van der Waals surface area (Å²) in [5.41, 5.74) is 0. The van der Waals surface area contributed by atoms with E-state index in [9.17, 15) is 9.59 Å². The number of hydrogen-bond acceptors (Lipinski definition) is 2. The second-order valence-electron chi connectivity index (χ2n) is 2.15. The van der Waals surface area contributed by atoms with Crippen molar-refractivity contribution >= 4 is 27.8 Å². The molecule has 0 heterocycles. The Kier molecular flexibility index (Phi) is 4.10. The van der Waals surface area contributed by atoms with Gasteiger partial charge in [-0.05, 0) is 6.92 Å². The number of carboxylic acid groups (broad SMARTS) is 1. The van der Waals surface area contributed by atoms with Crippen LogP contribution in [0.2, 0.25) is 0 Å². The Bertz CT molecular complexity index is 171. The molecular formula is C6H10BrNO3. The van der Waals surface area contributed by atoms with Gasteiger partial charge >= 0.3 is 5.97 Å². The molecule has 0 unspecified atom stereocenters. The first-order valence-corrected chi connectivity index (χ1v) is 4.17. The van der Waals surface area contributed by atoms with Crippen molar-refractivity contribution in [2.75, 3.05) is 12.4 Å². The quantitative estimate of drug-likeness (QED) is 0.702. The molecule has 0 saturated heterocycles. The lowest BCUT2D eigenvalue weighted by Gasteiger charge is -2.19. The number of aliphatic carboxylic acids is 1. The summed E-state index contributed by atoms with van der Waals surface area (Å²) in [4.78, 5) is 22.4. The van der Waals surface area contributed by atoms with Crippen molar-refractivity contribution in [3.05, 3.63) is 0 Å². The Morgan fingerprint density at radius 3 is 2.36 bits per heavy atom. The van der Waals surface area contributed by atoms with E-state index in [1.165, 1.54) is 18.9 Å². The van der Waals surface area contributed by atoms with Crippen molar-refractivity contribution in [1.29, 1.82) is 0 Å². The van der Waals surface area contributed by atoms with Crippen molar-refractivity contribution < 1.29 is 14.7 Å². The molecule has 1 atom stereocenters. The van der Waals surface area contributed by atoms with Gasteiger partial charge in [0.2, 0.25) is 5.91 Å². The number of alkyl halides is 1. The van der Waals surface area contributed by atoms with E-state index in [1.54, 1.807) is 0 Å². The Balaban J connectivity index is 4.12. The van der Waals surface area contributed by atoms with Gasteiger partial charge in [-0.2, -0.15) is 0 Å². The molecule has 0 aliphatic heterocycles. The van der Waals surface area contributed by atoms with Crippen molar-refractivity contribution in [2.24, 2.45) is 0 Å². The predicted octanol–water partition coefficient (Wildman–Crippen LogP) is 0.313. The van der Waals surface area contributed by atoms with Gasteiger partial charge in [0.25, 0.3) is 0 Å². The molecule has 1 N–H and O–H groups in total. The summed E-state index contributed by atoms with van der Waals surface area (Å²) < 4.78 is 0. The Hall–Kier alpha value is -0.580. The topological polar surface area (TPSA) is 57.6 Å². The van der Waals surface area contributed by atoms with Crippen LogP contribution in [-0.2, 0) is 9.59 Å². The number of hydrogen-bond donors (Lipinski definition) is 1. The van der Waals surface area contributed by atoms with Gasteiger partial charge in [0, 0.05) is 7.05 Å². The zero-order chi connectivity index (χ0) is 9.02. The van der Waals surface area contributed by atoms with Crippen LogP contribution in [0.3, 0.4) is 0 Å². The molecule has 0 aromatic carbocycles. The molecule has 5 heteroatoms. The minimum Gasteiger partial charge on any atom is -0.480 e. The number of nitrogens with zero attached hydrogens (tertiary/aromatic N) is 1. The normalized spacial score (nSPS) is 12.3. The smallest absolute Gasteiger partial charge is 0.326 e. The zero-order valence-corrected chi connectivity index (χ0v) is 7.96. The van der Waals surface area contributed by atoms with Gasteiger partial charge < -0.3 is 10.0 Å². The molecule has 64 valence electrons. The minimum atomic E-state index is -0.998. The highest BCUT2D eigenvalue weighted by Crippen LogP contribution is 1.97. The van der Waals surface area contributed by atoms with Gasteiger partial charge in [-0.1, -0.05) is 15.9 Å². The van der Waals surface area contributed by atoms with Crippen LogP contribution in [-0.4, -0.2) is 40.3 Å². The molecule has 0 saturated carbocycles. The fourth-order valence-corrected chi connectivity index (χ4v) is 0.871. The van der Waals surface area contributed by atoms with Crippen LogP contribution in [0.4, 0.5) is 0 Å². The largest absolute Gasteiger partial charge is 0.480 e. The monoisotopic (exact) mass is 223 g/mol. The van der Waals surface area contributed by atoms with Gasteiger partial charge in [-0.3, -0.25) is 4.79 Å². The molecule has 11 heavy (non-hydrogen) atoms. The molecule has 4 nitrogen and oxygen atoms in total. The van der Waals surface area contributed by atoms with E-state index in [2.05, 4.69) is 15.9 Å². The van der Waals surface area contributed by atoms with Crippen LogP contribution in [0.1, 0.15) is 6.92 Å². The number of amides is 1. The summed E-state index contributed by atoms with van der Waals surface area (Å²) in [5.74, 6) is -1.23. The molecule has 0 aliphatic rings. The van der Waals surface area contributed by atoms with E-state index in [1.807, 2.05) is 0 Å². The highest BCUT2D eigenvalue weighted by Gasteiger charge is 2.20. The van der Waals surface area contributed by atoms with Crippen LogP contribution in [0.25, 0.3) is 0 Å². The highest BCUT2D eigenvalue weighted by molar-refractivity contribution is 9.09. The second-order valence-corrected chi connectivity index (χ2v) is 2.71. The number of rotatable bonds is 3. The molecule has 0 radical (unpaired) electrons. The van der Waals surface area contributed by atoms with Gasteiger partial charge in [0.05, 0.1) is 5.33 Å². The average molecular weight is 224 g/mol. The average Bonchev–Trinajstić information content (AvgIpc) is 2.00. The highest BCUT2D eigenvalue weighted by atomic mass is 79.9. The van der Waals surface area contributed by atoms with Gasteiger partial charge in [-0.15, -0.1) is 0 Å². The lowest BCUT2D eigenvalue weighted by Crippen LogP contribution is -2.40. The van der Waals surface area contributed by atoms with Crippen molar-refractivity contribution in [3.8, 4) is 0 Å². The van der Waals surface area contributed by atoms with Gasteiger partial charge in [0.15, 0.2) is 0 Å². The summed E-state index contributed by atoms with van der Waals surface area (Å²) in [6, 6.07) is -0.764. The summed E-state index contributed by atoms with van der Waals surface area (Å²) in [7, 11) is 1.46. The summed E-state index contributed by atoms with van der Waals surface area (Å²) in [6.45, 7) is 1.46. The van der Waals surface area contributed by atoms with E-state index >= 15 is 0 Å². The van der Waals surface area contributed by atoms with Crippen LogP contribution >= 0.6 is 15.9 Å². The minimum absolute atomic E-state index is 0.154. The summed E-state index contributed by atoms with van der Waals surface area (Å²) in [5, 5.41) is 8.64. The van der Waals surface area contributed by atoms with Gasteiger partial charge in [-0.25, -0.2) is 4.79 Å². The third kappa shape index (κ3) is 2.88. The predicted molar refractivity (Wildman–Crippen MR) is 43.7 cm³/mol. The molecule has 0 aliphatic carbocycles. The van der Waals surface area contributed by atoms with Crippen molar-refractivity contribution in [2.45, 2.75) is 13.0 Å². The number of carbonyl (C=O) groups is 2. The zero-order valence-electron chi connectivity index (χ0n) is 6.37. The summed E-state index contributed by atoms with van der Waals surface area (Å²) >= 11 is 2.95. The van der Waals surface area contributed by atoms with Crippen LogP contribution in [0, 0.1) is 0 Å². The molecule has 1 amide bonds. The van der Waals surface area contributed by atoms with Crippen LogP contribution < -0.4 is 0 Å². The first-order chi connectivity index (χ1) is 5.00. The van der Waals surface area contributed by atoms with Gasteiger partial charge in [0.1, 0.15) is 6.04 Å². The van der Waals surface area contributed by atoms with E-state index in [0.29, 0.717) is 0 Å². The maximum Gasteiger partial charge on any atom is 0.326 e. The number of halogens is 1. The first-order valence-electron chi connectivity index (χ1n) is 3.05. The van der Waals surface area contributed by atoms with E-state index in [4.69, 9.17) is 5.11 Å². The molecule has 0 fully saturated rings. The summed E-state index contributed by atoms with van der Waals surface area (Å²) in [6.07, 6.45) is 0. The third-order valence-electron chi connectivity index (χ3n) is 1.45. The fraction of sp³-hybridized carbons (Fsp3) is 0.667.